The molecule has 0 saturated carbocycles. The summed E-state index contributed by atoms with van der Waals surface area (Å²) in [6, 6.07) is 8.97. The first-order valence-corrected chi connectivity index (χ1v) is 13.5. The van der Waals surface area contributed by atoms with Gasteiger partial charge in [-0.3, -0.25) is 9.59 Å². The second-order valence-corrected chi connectivity index (χ2v) is 10.7. The normalized spacial score (nSPS) is 14.6. The maximum absolute atomic E-state index is 13.5. The molecule has 1 saturated heterocycles. The number of carbonyl (C=O) groups excluding carboxylic acids is 1. The van der Waals surface area contributed by atoms with Gasteiger partial charge in [-0.05, 0) is 74.8 Å². The molecule has 1 amide bonds. The van der Waals surface area contributed by atoms with Crippen LogP contribution in [0, 0.1) is 20.8 Å². The van der Waals surface area contributed by atoms with Crippen LogP contribution in [0.1, 0.15) is 32.7 Å². The van der Waals surface area contributed by atoms with Crippen LogP contribution in [0.15, 0.2) is 47.5 Å². The van der Waals surface area contributed by atoms with Gasteiger partial charge < -0.3 is 24.7 Å². The van der Waals surface area contributed by atoms with Crippen LogP contribution in [0.5, 0.6) is 0 Å². The summed E-state index contributed by atoms with van der Waals surface area (Å²) < 4.78 is 41.5. The van der Waals surface area contributed by atoms with E-state index in [0.717, 1.165) is 42.1 Å². The number of fused-ring (bicyclic) bond motifs is 1. The Bertz CT molecular complexity index is 1650. The molecule has 216 valence electrons. The van der Waals surface area contributed by atoms with Gasteiger partial charge in [-0.2, -0.15) is 13.2 Å². The summed E-state index contributed by atoms with van der Waals surface area (Å²) >= 11 is 0. The minimum atomic E-state index is -4.44. The van der Waals surface area contributed by atoms with E-state index in [9.17, 15) is 22.8 Å². The standard InChI is InChI=1S/C30H33F3N6O2/c1-18-13-19(2)36-29(41)25(18)16-35-28(40)23-14-24(22-7-8-39(17-30(31,32)33)27(22)20(23)3)21-5-6-26(34-15-21)38-11-9-37(4)10-12-38/h5-8,13-15H,9-12,16-17H2,1-4H3,(H,35,40)(H,36,41). The molecule has 0 radical (unpaired) electrons. The number of H-pyrrole nitrogens is 1. The summed E-state index contributed by atoms with van der Waals surface area (Å²) in [4.78, 5) is 37.8. The number of aromatic amines is 1. The van der Waals surface area contributed by atoms with Crippen molar-refractivity contribution in [3.05, 3.63) is 81.0 Å². The molecule has 2 N–H and O–H groups in total. The molecule has 4 aromatic rings. The Morgan fingerprint density at radius 3 is 2.44 bits per heavy atom. The number of benzene rings is 1. The summed E-state index contributed by atoms with van der Waals surface area (Å²) in [5.41, 5.74) is 3.88. The first kappa shape index (κ1) is 28.4. The highest BCUT2D eigenvalue weighted by molar-refractivity contribution is 6.06. The lowest BCUT2D eigenvalue weighted by molar-refractivity contribution is -0.139. The van der Waals surface area contributed by atoms with E-state index >= 15 is 0 Å². The molecule has 1 aliphatic rings. The van der Waals surface area contributed by atoms with Crippen LogP contribution in [0.3, 0.4) is 0 Å². The largest absolute Gasteiger partial charge is 0.406 e. The molecule has 0 unspecified atom stereocenters. The Balaban J connectivity index is 1.54. The van der Waals surface area contributed by atoms with Gasteiger partial charge in [0.25, 0.3) is 11.5 Å². The Kier molecular flexibility index (Phi) is 7.65. The van der Waals surface area contributed by atoms with E-state index in [4.69, 9.17) is 0 Å². The fraction of sp³-hybridized carbons (Fsp3) is 0.367. The predicted octanol–water partition coefficient (Wildman–Crippen LogP) is 4.56. The lowest BCUT2D eigenvalue weighted by Crippen LogP contribution is -2.44. The first-order valence-electron chi connectivity index (χ1n) is 13.5. The van der Waals surface area contributed by atoms with Gasteiger partial charge in [-0.1, -0.05) is 0 Å². The molecule has 4 heterocycles. The number of rotatable bonds is 6. The maximum atomic E-state index is 13.5. The van der Waals surface area contributed by atoms with Crippen molar-refractivity contribution in [3.63, 3.8) is 0 Å². The van der Waals surface area contributed by atoms with Crippen molar-refractivity contribution in [1.82, 2.24) is 24.8 Å². The van der Waals surface area contributed by atoms with Crippen LogP contribution in [0.2, 0.25) is 0 Å². The van der Waals surface area contributed by atoms with Crippen LogP contribution in [0.4, 0.5) is 19.0 Å². The summed E-state index contributed by atoms with van der Waals surface area (Å²) in [5, 5.41) is 3.40. The number of carbonyl (C=O) groups is 1. The van der Waals surface area contributed by atoms with Crippen molar-refractivity contribution < 1.29 is 18.0 Å². The number of amides is 1. The quantitative estimate of drug-likeness (QED) is 0.358. The number of anilines is 1. The van der Waals surface area contributed by atoms with Crippen molar-refractivity contribution in [2.45, 2.75) is 40.0 Å². The lowest BCUT2D eigenvalue weighted by Gasteiger charge is -2.33. The highest BCUT2D eigenvalue weighted by atomic mass is 19.4. The minimum absolute atomic E-state index is 0.0159. The van der Waals surface area contributed by atoms with Gasteiger partial charge in [0.15, 0.2) is 0 Å². The van der Waals surface area contributed by atoms with Crippen molar-refractivity contribution in [3.8, 4) is 11.1 Å². The van der Waals surface area contributed by atoms with Crippen molar-refractivity contribution in [2.24, 2.45) is 0 Å². The van der Waals surface area contributed by atoms with Gasteiger partial charge in [0.2, 0.25) is 0 Å². The van der Waals surface area contributed by atoms with E-state index < -0.39 is 18.6 Å². The van der Waals surface area contributed by atoms with E-state index in [1.54, 1.807) is 39.1 Å². The van der Waals surface area contributed by atoms with Crippen LogP contribution in [-0.4, -0.2) is 64.7 Å². The maximum Gasteiger partial charge on any atom is 0.406 e. The number of aromatic nitrogens is 3. The molecular weight excluding hydrogens is 533 g/mol. The van der Waals surface area contributed by atoms with Gasteiger partial charge in [0, 0.05) is 72.9 Å². The number of piperazine rings is 1. The van der Waals surface area contributed by atoms with E-state index in [1.807, 2.05) is 18.2 Å². The van der Waals surface area contributed by atoms with E-state index in [-0.39, 0.29) is 17.7 Å². The number of nitrogens with one attached hydrogen (secondary N) is 2. The Labute approximate surface area is 235 Å². The molecule has 0 aliphatic carbocycles. The number of pyridine rings is 2. The average Bonchev–Trinajstić information content (AvgIpc) is 3.31. The number of aryl methyl sites for hydroxylation is 3. The van der Waals surface area contributed by atoms with E-state index in [1.165, 1.54) is 6.20 Å². The third kappa shape index (κ3) is 6.00. The van der Waals surface area contributed by atoms with E-state index in [2.05, 4.69) is 32.1 Å². The fourth-order valence-electron chi connectivity index (χ4n) is 5.50. The molecule has 11 heteroatoms. The van der Waals surface area contributed by atoms with Gasteiger partial charge in [-0.15, -0.1) is 0 Å². The second kappa shape index (κ2) is 11.0. The molecule has 3 aromatic heterocycles. The molecule has 0 spiro atoms. The molecule has 0 bridgehead atoms. The Hall–Kier alpha value is -4.12. The molecule has 41 heavy (non-hydrogen) atoms. The lowest BCUT2D eigenvalue weighted by atomic mass is 9.95. The molecule has 1 aliphatic heterocycles. The van der Waals surface area contributed by atoms with E-state index in [0.29, 0.717) is 38.9 Å². The van der Waals surface area contributed by atoms with Gasteiger partial charge >= 0.3 is 6.18 Å². The third-order valence-corrected chi connectivity index (χ3v) is 7.70. The summed E-state index contributed by atoms with van der Waals surface area (Å²) in [7, 11) is 2.08. The zero-order chi connectivity index (χ0) is 29.5. The Morgan fingerprint density at radius 1 is 1.07 bits per heavy atom. The van der Waals surface area contributed by atoms with Crippen molar-refractivity contribution in [2.75, 3.05) is 38.1 Å². The molecule has 1 fully saturated rings. The summed E-state index contributed by atoms with van der Waals surface area (Å²) in [5.74, 6) is 0.350. The monoisotopic (exact) mass is 566 g/mol. The van der Waals surface area contributed by atoms with Crippen molar-refractivity contribution >= 4 is 22.6 Å². The van der Waals surface area contributed by atoms with Crippen molar-refractivity contribution in [1.29, 1.82) is 0 Å². The van der Waals surface area contributed by atoms with Gasteiger partial charge in [0.05, 0.1) is 5.52 Å². The minimum Gasteiger partial charge on any atom is -0.354 e. The predicted molar refractivity (Wildman–Crippen MR) is 153 cm³/mol. The molecule has 5 rings (SSSR count). The number of alkyl halides is 3. The first-order chi connectivity index (χ1) is 19.4. The highest BCUT2D eigenvalue weighted by Gasteiger charge is 2.30. The zero-order valence-electron chi connectivity index (χ0n) is 23.5. The van der Waals surface area contributed by atoms with Gasteiger partial charge in [0.1, 0.15) is 12.4 Å². The highest BCUT2D eigenvalue weighted by Crippen LogP contribution is 2.35. The smallest absolute Gasteiger partial charge is 0.354 e. The van der Waals surface area contributed by atoms with Crippen LogP contribution >= 0.6 is 0 Å². The number of likely N-dealkylation sites (N-methyl/N-ethyl adjacent to an activating group) is 1. The topological polar surface area (TPSA) is 86.3 Å². The van der Waals surface area contributed by atoms with Gasteiger partial charge in [-0.25, -0.2) is 4.98 Å². The van der Waals surface area contributed by atoms with Crippen LogP contribution in [-0.2, 0) is 13.1 Å². The summed E-state index contributed by atoms with van der Waals surface area (Å²) in [6.45, 7) is 7.59. The molecular formula is C30H33F3N6O2. The Morgan fingerprint density at radius 2 is 1.80 bits per heavy atom. The SMILES string of the molecule is Cc1cc(C)c(CNC(=O)c2cc(-c3ccc(N4CCN(C)CC4)nc3)c3ccn(CC(F)(F)F)c3c2C)c(=O)[nH]1. The number of halogens is 3. The second-order valence-electron chi connectivity index (χ2n) is 10.7. The summed E-state index contributed by atoms with van der Waals surface area (Å²) in [6.07, 6.45) is -1.33. The molecule has 0 atom stereocenters. The number of hydrogen-bond acceptors (Lipinski definition) is 5. The number of hydrogen-bond donors (Lipinski definition) is 2. The zero-order valence-corrected chi connectivity index (χ0v) is 23.5. The average molecular weight is 567 g/mol. The number of nitrogens with zero attached hydrogens (tertiary/aromatic N) is 4. The third-order valence-electron chi connectivity index (χ3n) is 7.70. The van der Waals surface area contributed by atoms with Crippen LogP contribution in [0.25, 0.3) is 22.0 Å². The van der Waals surface area contributed by atoms with Crippen LogP contribution < -0.4 is 15.8 Å². The fourth-order valence-corrected chi connectivity index (χ4v) is 5.50. The molecule has 1 aromatic carbocycles. The molecule has 8 nitrogen and oxygen atoms in total.